The number of carbonyl (C=O) groups is 1. The van der Waals surface area contributed by atoms with Crippen molar-refractivity contribution >= 4 is 5.91 Å². The standard InChI is InChI=1S/C22H23N3O/c23-21(26)22(17-7-3-1-4-8-17,18-9-5-2-6-10-18)19-11-12-20(15-19)25-14-13-24-16-25/h1-10,13-14,16,19-20H,11-12,15H2,(H2,23,26)/t19-,20-/m0/s1. The normalized spacial score (nSPS) is 20.2. The minimum absolute atomic E-state index is 0.150. The molecule has 2 N–H and O–H groups in total. The molecule has 0 spiro atoms. The Kier molecular flexibility index (Phi) is 4.33. The van der Waals surface area contributed by atoms with E-state index in [0.717, 1.165) is 30.4 Å². The van der Waals surface area contributed by atoms with Crippen LogP contribution in [0, 0.1) is 5.92 Å². The number of benzene rings is 2. The van der Waals surface area contributed by atoms with Gasteiger partial charge in [-0.25, -0.2) is 4.98 Å². The number of imidazole rings is 1. The van der Waals surface area contributed by atoms with Crippen LogP contribution in [0.4, 0.5) is 0 Å². The largest absolute Gasteiger partial charge is 0.369 e. The van der Waals surface area contributed by atoms with Crippen LogP contribution >= 0.6 is 0 Å². The molecule has 132 valence electrons. The molecule has 4 heteroatoms. The summed E-state index contributed by atoms with van der Waals surface area (Å²) in [4.78, 5) is 17.2. The van der Waals surface area contributed by atoms with Gasteiger partial charge in [0.1, 0.15) is 5.41 Å². The molecule has 1 aromatic heterocycles. The lowest BCUT2D eigenvalue weighted by molar-refractivity contribution is -0.123. The van der Waals surface area contributed by atoms with Crippen LogP contribution in [0.25, 0.3) is 0 Å². The predicted molar refractivity (Wildman–Crippen MR) is 101 cm³/mol. The van der Waals surface area contributed by atoms with Crippen LogP contribution < -0.4 is 5.73 Å². The van der Waals surface area contributed by atoms with E-state index in [-0.39, 0.29) is 11.8 Å². The topological polar surface area (TPSA) is 60.9 Å². The van der Waals surface area contributed by atoms with Crippen LogP contribution in [-0.2, 0) is 10.2 Å². The van der Waals surface area contributed by atoms with Gasteiger partial charge in [0.2, 0.25) is 5.91 Å². The first-order chi connectivity index (χ1) is 12.7. The molecule has 0 saturated heterocycles. The lowest BCUT2D eigenvalue weighted by atomic mass is 9.64. The quantitative estimate of drug-likeness (QED) is 0.766. The molecule has 1 fully saturated rings. The molecule has 4 rings (SSSR count). The van der Waals surface area contributed by atoms with E-state index in [0.29, 0.717) is 6.04 Å². The Labute approximate surface area is 153 Å². The second-order valence-corrected chi connectivity index (χ2v) is 7.08. The average molecular weight is 345 g/mol. The monoisotopic (exact) mass is 345 g/mol. The van der Waals surface area contributed by atoms with Crippen molar-refractivity contribution in [2.24, 2.45) is 11.7 Å². The molecule has 2 atom stereocenters. The summed E-state index contributed by atoms with van der Waals surface area (Å²) in [7, 11) is 0. The van der Waals surface area contributed by atoms with Crippen molar-refractivity contribution < 1.29 is 4.79 Å². The third kappa shape index (κ3) is 2.62. The molecule has 3 aromatic rings. The molecule has 1 heterocycles. The maximum absolute atomic E-state index is 13.0. The first-order valence-electron chi connectivity index (χ1n) is 9.11. The van der Waals surface area contributed by atoms with Crippen LogP contribution in [0.5, 0.6) is 0 Å². The summed E-state index contributed by atoms with van der Waals surface area (Å²) in [5.41, 5.74) is 7.28. The van der Waals surface area contributed by atoms with Crippen molar-refractivity contribution in [3.8, 4) is 0 Å². The van der Waals surface area contributed by atoms with Gasteiger partial charge in [-0.1, -0.05) is 60.7 Å². The fourth-order valence-electron chi connectivity index (χ4n) is 4.63. The summed E-state index contributed by atoms with van der Waals surface area (Å²) in [6.07, 6.45) is 8.56. The number of nitrogens with zero attached hydrogens (tertiary/aromatic N) is 2. The zero-order valence-electron chi connectivity index (χ0n) is 14.7. The molecule has 0 aliphatic heterocycles. The lowest BCUT2D eigenvalue weighted by Crippen LogP contribution is -2.47. The number of nitrogens with two attached hydrogens (primary N) is 1. The van der Waals surface area contributed by atoms with E-state index < -0.39 is 5.41 Å². The third-order valence-electron chi connectivity index (χ3n) is 5.81. The Morgan fingerprint density at radius 3 is 2.12 bits per heavy atom. The van der Waals surface area contributed by atoms with E-state index in [2.05, 4.69) is 9.55 Å². The highest BCUT2D eigenvalue weighted by atomic mass is 16.1. The van der Waals surface area contributed by atoms with Crippen molar-refractivity contribution in [2.75, 3.05) is 0 Å². The molecule has 4 nitrogen and oxygen atoms in total. The van der Waals surface area contributed by atoms with Gasteiger partial charge in [0.05, 0.1) is 6.33 Å². The van der Waals surface area contributed by atoms with Gasteiger partial charge in [0.15, 0.2) is 0 Å². The fraction of sp³-hybridized carbons (Fsp3) is 0.273. The highest BCUT2D eigenvalue weighted by molar-refractivity contribution is 5.91. The molecule has 1 amide bonds. The van der Waals surface area contributed by atoms with E-state index >= 15 is 0 Å². The maximum Gasteiger partial charge on any atom is 0.232 e. The van der Waals surface area contributed by atoms with Gasteiger partial charge in [-0.3, -0.25) is 4.79 Å². The van der Waals surface area contributed by atoms with E-state index in [9.17, 15) is 4.79 Å². The maximum atomic E-state index is 13.0. The van der Waals surface area contributed by atoms with E-state index in [1.807, 2.05) is 79.4 Å². The first-order valence-corrected chi connectivity index (χ1v) is 9.11. The molecule has 0 bridgehead atoms. The van der Waals surface area contributed by atoms with Gasteiger partial charge in [-0.05, 0) is 36.3 Å². The van der Waals surface area contributed by atoms with Crippen LogP contribution in [0.2, 0.25) is 0 Å². The molecule has 26 heavy (non-hydrogen) atoms. The van der Waals surface area contributed by atoms with Gasteiger partial charge in [0.25, 0.3) is 0 Å². The summed E-state index contributed by atoms with van der Waals surface area (Å²) >= 11 is 0. The van der Waals surface area contributed by atoms with Crippen LogP contribution in [0.3, 0.4) is 0 Å². The molecule has 1 aliphatic carbocycles. The number of hydrogen-bond acceptors (Lipinski definition) is 2. The second kappa shape index (κ2) is 6.79. The number of carbonyl (C=O) groups excluding carboxylic acids is 1. The molecule has 0 unspecified atom stereocenters. The van der Waals surface area contributed by atoms with Crippen LogP contribution in [0.15, 0.2) is 79.4 Å². The summed E-state index contributed by atoms with van der Waals surface area (Å²) in [6.45, 7) is 0. The van der Waals surface area contributed by atoms with Gasteiger partial charge < -0.3 is 10.3 Å². The Morgan fingerprint density at radius 1 is 1.00 bits per heavy atom. The van der Waals surface area contributed by atoms with Crippen molar-refractivity contribution in [1.29, 1.82) is 0 Å². The highest BCUT2D eigenvalue weighted by Gasteiger charge is 2.49. The fourth-order valence-corrected chi connectivity index (χ4v) is 4.63. The Balaban J connectivity index is 1.82. The number of aromatic nitrogens is 2. The number of hydrogen-bond donors (Lipinski definition) is 1. The van der Waals surface area contributed by atoms with Gasteiger partial charge in [-0.2, -0.15) is 0 Å². The Morgan fingerprint density at radius 2 is 1.62 bits per heavy atom. The second-order valence-electron chi connectivity index (χ2n) is 7.08. The highest BCUT2D eigenvalue weighted by Crippen LogP contribution is 2.49. The van der Waals surface area contributed by atoms with Gasteiger partial charge in [-0.15, -0.1) is 0 Å². The number of rotatable bonds is 5. The van der Waals surface area contributed by atoms with E-state index in [1.165, 1.54) is 0 Å². The van der Waals surface area contributed by atoms with Crippen molar-refractivity contribution in [2.45, 2.75) is 30.7 Å². The Hall–Kier alpha value is -2.88. The van der Waals surface area contributed by atoms with Crippen LogP contribution in [-0.4, -0.2) is 15.5 Å². The summed E-state index contributed by atoms with van der Waals surface area (Å²) in [5.74, 6) is -0.122. The van der Waals surface area contributed by atoms with Crippen LogP contribution in [0.1, 0.15) is 36.4 Å². The zero-order chi connectivity index (χ0) is 18.0. The SMILES string of the molecule is NC(=O)C(c1ccccc1)(c1ccccc1)[C@H]1CC[C@H](n2ccnc2)C1. The average Bonchev–Trinajstić information content (AvgIpc) is 3.36. The van der Waals surface area contributed by atoms with E-state index in [1.54, 1.807) is 0 Å². The minimum atomic E-state index is -0.808. The smallest absolute Gasteiger partial charge is 0.232 e. The van der Waals surface area contributed by atoms with E-state index in [4.69, 9.17) is 5.73 Å². The molecular formula is C22H23N3O. The predicted octanol–water partition coefficient (Wildman–Crippen LogP) is 3.70. The first kappa shape index (κ1) is 16.6. The molecule has 2 aromatic carbocycles. The lowest BCUT2D eigenvalue weighted by Gasteiger charge is -2.37. The Bertz CT molecular complexity index is 819. The van der Waals surface area contributed by atoms with Crippen molar-refractivity contribution in [3.05, 3.63) is 90.5 Å². The summed E-state index contributed by atoms with van der Waals surface area (Å²) in [6, 6.07) is 20.4. The minimum Gasteiger partial charge on any atom is -0.369 e. The van der Waals surface area contributed by atoms with Crippen molar-refractivity contribution in [3.63, 3.8) is 0 Å². The number of amides is 1. The van der Waals surface area contributed by atoms with Crippen molar-refractivity contribution in [1.82, 2.24) is 9.55 Å². The summed E-state index contributed by atoms with van der Waals surface area (Å²) < 4.78 is 2.15. The molecular weight excluding hydrogens is 322 g/mol. The molecule has 1 aliphatic rings. The van der Waals surface area contributed by atoms with Gasteiger partial charge in [0, 0.05) is 18.4 Å². The van der Waals surface area contributed by atoms with Gasteiger partial charge >= 0.3 is 0 Å². The molecule has 1 saturated carbocycles. The molecule has 0 radical (unpaired) electrons. The number of primary amides is 1. The third-order valence-corrected chi connectivity index (χ3v) is 5.81. The summed E-state index contributed by atoms with van der Waals surface area (Å²) in [5, 5.41) is 0. The zero-order valence-corrected chi connectivity index (χ0v) is 14.7.